The smallest absolute Gasteiger partial charge is 0.227 e. The zero-order valence-corrected chi connectivity index (χ0v) is 15.3. The number of rotatable bonds is 6. The van der Waals surface area contributed by atoms with E-state index in [1.165, 1.54) is 5.69 Å². The molecule has 0 bridgehead atoms. The first-order valence-corrected chi connectivity index (χ1v) is 8.51. The SMILES string of the molecule is COc1ccc(C(=O)C[n+]2ccc(-c3ccc(N(C)C)cc3)cc2)cc1. The van der Waals surface area contributed by atoms with Gasteiger partial charge in [-0.05, 0) is 47.5 Å². The third-order valence-electron chi connectivity index (χ3n) is 4.35. The summed E-state index contributed by atoms with van der Waals surface area (Å²) in [6, 6.07) is 19.7. The second kappa shape index (κ2) is 7.83. The molecule has 0 amide bonds. The highest BCUT2D eigenvalue weighted by Gasteiger charge is 2.12. The first kappa shape index (κ1) is 17.7. The van der Waals surface area contributed by atoms with Crippen molar-refractivity contribution in [2.24, 2.45) is 0 Å². The number of methoxy groups -OCH3 is 1. The molecule has 3 rings (SSSR count). The molecule has 0 fully saturated rings. The monoisotopic (exact) mass is 347 g/mol. The third-order valence-corrected chi connectivity index (χ3v) is 4.35. The largest absolute Gasteiger partial charge is 0.497 e. The molecule has 0 atom stereocenters. The quantitative estimate of drug-likeness (QED) is 0.505. The van der Waals surface area contributed by atoms with Crippen LogP contribution >= 0.6 is 0 Å². The van der Waals surface area contributed by atoms with Gasteiger partial charge in [0.2, 0.25) is 12.3 Å². The summed E-state index contributed by atoms with van der Waals surface area (Å²) in [7, 11) is 5.67. The third kappa shape index (κ3) is 4.09. The molecule has 132 valence electrons. The Morgan fingerprint density at radius 1 is 0.885 bits per heavy atom. The zero-order chi connectivity index (χ0) is 18.5. The van der Waals surface area contributed by atoms with E-state index in [0.29, 0.717) is 12.1 Å². The highest BCUT2D eigenvalue weighted by molar-refractivity contribution is 5.95. The van der Waals surface area contributed by atoms with Crippen LogP contribution in [-0.2, 0) is 6.54 Å². The molecule has 0 aliphatic rings. The van der Waals surface area contributed by atoms with Crippen LogP contribution in [0.25, 0.3) is 11.1 Å². The molecule has 2 aromatic carbocycles. The van der Waals surface area contributed by atoms with Gasteiger partial charge in [-0.15, -0.1) is 0 Å². The normalized spacial score (nSPS) is 10.4. The maximum atomic E-state index is 12.4. The number of carbonyl (C=O) groups excluding carboxylic acids is 1. The first-order chi connectivity index (χ1) is 12.6. The van der Waals surface area contributed by atoms with Crippen molar-refractivity contribution in [2.45, 2.75) is 6.54 Å². The molecule has 0 saturated carbocycles. The van der Waals surface area contributed by atoms with E-state index in [-0.39, 0.29) is 5.78 Å². The van der Waals surface area contributed by atoms with Crippen LogP contribution in [0.15, 0.2) is 73.1 Å². The summed E-state index contributed by atoms with van der Waals surface area (Å²) in [5, 5.41) is 0. The van der Waals surface area contributed by atoms with E-state index in [1.807, 2.05) is 43.2 Å². The predicted molar refractivity (Wildman–Crippen MR) is 104 cm³/mol. The number of nitrogens with zero attached hydrogens (tertiary/aromatic N) is 2. The number of ether oxygens (including phenoxy) is 1. The average molecular weight is 347 g/mol. The Hall–Kier alpha value is -3.14. The lowest BCUT2D eigenvalue weighted by Crippen LogP contribution is -2.37. The molecule has 0 N–H and O–H groups in total. The fourth-order valence-corrected chi connectivity index (χ4v) is 2.74. The molecule has 4 heteroatoms. The van der Waals surface area contributed by atoms with Crippen LogP contribution in [0.3, 0.4) is 0 Å². The van der Waals surface area contributed by atoms with Crippen molar-refractivity contribution in [1.29, 1.82) is 0 Å². The van der Waals surface area contributed by atoms with Crippen molar-refractivity contribution in [1.82, 2.24) is 0 Å². The van der Waals surface area contributed by atoms with Crippen LogP contribution < -0.4 is 14.2 Å². The topological polar surface area (TPSA) is 33.4 Å². The van der Waals surface area contributed by atoms with E-state index in [9.17, 15) is 4.79 Å². The lowest BCUT2D eigenvalue weighted by Gasteiger charge is -2.12. The van der Waals surface area contributed by atoms with Gasteiger partial charge in [0, 0.05) is 37.5 Å². The Balaban J connectivity index is 1.69. The Kier molecular flexibility index (Phi) is 5.32. The average Bonchev–Trinajstić information content (AvgIpc) is 2.68. The Morgan fingerprint density at radius 2 is 1.46 bits per heavy atom. The summed E-state index contributed by atoms with van der Waals surface area (Å²) in [6.07, 6.45) is 3.88. The Labute approximate surface area is 154 Å². The van der Waals surface area contributed by atoms with Gasteiger partial charge in [-0.3, -0.25) is 4.79 Å². The van der Waals surface area contributed by atoms with Crippen molar-refractivity contribution in [3.8, 4) is 16.9 Å². The number of Topliss-reactive ketones (excluding diaryl/α,β-unsaturated/α-hetero) is 1. The lowest BCUT2D eigenvalue weighted by atomic mass is 10.1. The van der Waals surface area contributed by atoms with Gasteiger partial charge >= 0.3 is 0 Å². The van der Waals surface area contributed by atoms with E-state index in [4.69, 9.17) is 4.74 Å². The van der Waals surface area contributed by atoms with Gasteiger partial charge in [0.05, 0.1) is 7.11 Å². The summed E-state index contributed by atoms with van der Waals surface area (Å²) in [6.45, 7) is 0.312. The first-order valence-electron chi connectivity index (χ1n) is 8.51. The molecule has 0 aliphatic heterocycles. The molecule has 0 unspecified atom stereocenters. The molecule has 3 aromatic rings. The van der Waals surface area contributed by atoms with E-state index >= 15 is 0 Å². The van der Waals surface area contributed by atoms with Crippen molar-refractivity contribution >= 4 is 11.5 Å². The van der Waals surface area contributed by atoms with Gasteiger partial charge in [-0.25, -0.2) is 0 Å². The maximum Gasteiger partial charge on any atom is 0.227 e. The fraction of sp³-hybridized carbons (Fsp3) is 0.182. The number of pyridine rings is 1. The van der Waals surface area contributed by atoms with E-state index < -0.39 is 0 Å². The molecule has 0 saturated heterocycles. The number of hydrogen-bond donors (Lipinski definition) is 0. The van der Waals surface area contributed by atoms with Gasteiger partial charge in [-0.1, -0.05) is 12.1 Å². The maximum absolute atomic E-state index is 12.4. The molecule has 0 radical (unpaired) electrons. The summed E-state index contributed by atoms with van der Waals surface area (Å²) in [5.41, 5.74) is 4.14. The van der Waals surface area contributed by atoms with E-state index in [2.05, 4.69) is 29.2 Å². The van der Waals surface area contributed by atoms with E-state index in [1.54, 1.807) is 31.4 Å². The van der Waals surface area contributed by atoms with Gasteiger partial charge in [0.15, 0.2) is 12.4 Å². The fourth-order valence-electron chi connectivity index (χ4n) is 2.74. The molecule has 26 heavy (non-hydrogen) atoms. The number of anilines is 1. The number of carbonyl (C=O) groups is 1. The van der Waals surface area contributed by atoms with Crippen LogP contribution in [0.4, 0.5) is 5.69 Å². The molecule has 4 nitrogen and oxygen atoms in total. The van der Waals surface area contributed by atoms with Crippen LogP contribution in [0.5, 0.6) is 5.75 Å². The van der Waals surface area contributed by atoms with Gasteiger partial charge in [-0.2, -0.15) is 4.57 Å². The highest BCUT2D eigenvalue weighted by Crippen LogP contribution is 2.21. The van der Waals surface area contributed by atoms with Gasteiger partial charge in [0.1, 0.15) is 5.75 Å². The molecule has 1 heterocycles. The second-order valence-corrected chi connectivity index (χ2v) is 6.35. The van der Waals surface area contributed by atoms with E-state index in [0.717, 1.165) is 16.9 Å². The van der Waals surface area contributed by atoms with Crippen LogP contribution in [0, 0.1) is 0 Å². The summed E-state index contributed by atoms with van der Waals surface area (Å²) >= 11 is 0. The number of aromatic nitrogens is 1. The van der Waals surface area contributed by atoms with Crippen LogP contribution in [0.2, 0.25) is 0 Å². The standard InChI is InChI=1S/C22H23N2O2/c1-23(2)20-8-4-17(5-9-20)18-12-14-24(15-13-18)16-22(25)19-6-10-21(26-3)11-7-19/h4-15H,16H2,1-3H3/q+1. The van der Waals surface area contributed by atoms with Crippen LogP contribution in [0.1, 0.15) is 10.4 Å². The lowest BCUT2D eigenvalue weighted by molar-refractivity contribution is -0.683. The molecule has 0 spiro atoms. The van der Waals surface area contributed by atoms with Gasteiger partial charge < -0.3 is 9.64 Å². The van der Waals surface area contributed by atoms with Crippen LogP contribution in [-0.4, -0.2) is 27.0 Å². The minimum atomic E-state index is 0.0701. The molecular formula is C22H23N2O2+. The highest BCUT2D eigenvalue weighted by atomic mass is 16.5. The Morgan fingerprint density at radius 3 is 2.00 bits per heavy atom. The number of ketones is 1. The second-order valence-electron chi connectivity index (χ2n) is 6.35. The summed E-state index contributed by atoms with van der Waals surface area (Å²) in [5.74, 6) is 0.819. The summed E-state index contributed by atoms with van der Waals surface area (Å²) in [4.78, 5) is 14.5. The zero-order valence-electron chi connectivity index (χ0n) is 15.3. The van der Waals surface area contributed by atoms with Crippen molar-refractivity contribution in [3.05, 3.63) is 78.6 Å². The Bertz CT molecular complexity index is 868. The van der Waals surface area contributed by atoms with Gasteiger partial charge in [0.25, 0.3) is 0 Å². The van der Waals surface area contributed by atoms with Crippen molar-refractivity contribution in [3.63, 3.8) is 0 Å². The molecular weight excluding hydrogens is 324 g/mol. The molecule has 1 aromatic heterocycles. The van der Waals surface area contributed by atoms with Crippen molar-refractivity contribution < 1.29 is 14.1 Å². The predicted octanol–water partition coefficient (Wildman–Crippen LogP) is 3.60. The minimum Gasteiger partial charge on any atom is -0.497 e. The van der Waals surface area contributed by atoms with Crippen molar-refractivity contribution in [2.75, 3.05) is 26.1 Å². The molecule has 0 aliphatic carbocycles. The number of hydrogen-bond acceptors (Lipinski definition) is 3. The summed E-state index contributed by atoms with van der Waals surface area (Å²) < 4.78 is 7.02. The minimum absolute atomic E-state index is 0.0701. The number of benzene rings is 2.